The maximum Gasteiger partial charge on any atom is 0.119 e. The van der Waals surface area contributed by atoms with Crippen molar-refractivity contribution in [3.8, 4) is 5.75 Å². The Balaban J connectivity index is 1.78. The lowest BCUT2D eigenvalue weighted by atomic mass is 10.3. The van der Waals surface area contributed by atoms with Crippen molar-refractivity contribution in [2.24, 2.45) is 0 Å². The highest BCUT2D eigenvalue weighted by Gasteiger charge is 2.07. The summed E-state index contributed by atoms with van der Waals surface area (Å²) in [5.74, 6) is 0.751. The van der Waals surface area contributed by atoms with Crippen LogP contribution >= 0.6 is 15.9 Å². The van der Waals surface area contributed by atoms with Gasteiger partial charge in [0.2, 0.25) is 0 Å². The first-order valence-corrected chi connectivity index (χ1v) is 7.31. The van der Waals surface area contributed by atoms with Gasteiger partial charge in [-0.1, -0.05) is 15.9 Å². The Morgan fingerprint density at radius 1 is 1.15 bits per heavy atom. The highest BCUT2D eigenvalue weighted by Crippen LogP contribution is 2.16. The topological polar surface area (TPSA) is 46.4 Å². The fourth-order valence-corrected chi connectivity index (χ4v) is 2.16. The molecule has 0 bridgehead atoms. The normalized spacial score (nSPS) is 12.2. The first-order chi connectivity index (χ1) is 9.56. The first-order valence-electron chi connectivity index (χ1n) is 6.51. The van der Waals surface area contributed by atoms with E-state index in [2.05, 4.69) is 21.4 Å². The van der Waals surface area contributed by atoms with Crippen LogP contribution in [0.2, 0.25) is 0 Å². The standard InChI is InChI=1S/C15H19BrN2O2/c1-11-3-4-12(2)18(11)17-9-14(19)10-20-15-7-5-13(16)6-8-15/h3-8,14,17,19H,9-10H2,1-2H3. The van der Waals surface area contributed by atoms with E-state index in [0.717, 1.165) is 21.6 Å². The van der Waals surface area contributed by atoms with Crippen LogP contribution in [-0.4, -0.2) is 29.0 Å². The fraction of sp³-hybridized carbons (Fsp3) is 0.333. The Morgan fingerprint density at radius 2 is 1.75 bits per heavy atom. The van der Waals surface area contributed by atoms with Gasteiger partial charge in [0.1, 0.15) is 18.5 Å². The lowest BCUT2D eigenvalue weighted by Crippen LogP contribution is -2.31. The smallest absolute Gasteiger partial charge is 0.119 e. The van der Waals surface area contributed by atoms with E-state index < -0.39 is 6.10 Å². The number of aromatic nitrogens is 1. The maximum atomic E-state index is 9.94. The van der Waals surface area contributed by atoms with Crippen molar-refractivity contribution in [3.05, 3.63) is 52.3 Å². The molecule has 1 aromatic heterocycles. The third kappa shape index (κ3) is 4.02. The molecule has 1 aromatic carbocycles. The number of hydrogen-bond donors (Lipinski definition) is 2. The molecule has 0 amide bonds. The highest BCUT2D eigenvalue weighted by molar-refractivity contribution is 9.10. The molecule has 2 aromatic rings. The number of nitrogens with one attached hydrogen (secondary N) is 1. The Labute approximate surface area is 127 Å². The Morgan fingerprint density at radius 3 is 2.35 bits per heavy atom. The zero-order valence-corrected chi connectivity index (χ0v) is 13.2. The van der Waals surface area contributed by atoms with Crippen LogP contribution in [0.15, 0.2) is 40.9 Å². The van der Waals surface area contributed by atoms with E-state index in [4.69, 9.17) is 4.74 Å². The lowest BCUT2D eigenvalue weighted by Gasteiger charge is -2.17. The number of ether oxygens (including phenoxy) is 1. The number of aliphatic hydroxyl groups is 1. The van der Waals surface area contributed by atoms with E-state index in [9.17, 15) is 5.11 Å². The van der Waals surface area contributed by atoms with E-state index in [1.165, 1.54) is 0 Å². The molecule has 108 valence electrons. The molecule has 0 fully saturated rings. The van der Waals surface area contributed by atoms with Crippen molar-refractivity contribution in [3.63, 3.8) is 0 Å². The number of aryl methyl sites for hydroxylation is 2. The predicted molar refractivity (Wildman–Crippen MR) is 83.8 cm³/mol. The number of benzene rings is 1. The van der Waals surface area contributed by atoms with Crippen LogP contribution in [0.4, 0.5) is 0 Å². The van der Waals surface area contributed by atoms with Gasteiger partial charge in [-0.05, 0) is 50.2 Å². The number of nitrogens with zero attached hydrogens (tertiary/aromatic N) is 1. The minimum atomic E-state index is -0.570. The molecule has 1 heterocycles. The van der Waals surface area contributed by atoms with Crippen molar-refractivity contribution in [2.45, 2.75) is 20.0 Å². The van der Waals surface area contributed by atoms with Gasteiger partial charge in [0, 0.05) is 15.9 Å². The summed E-state index contributed by atoms with van der Waals surface area (Å²) in [6.45, 7) is 4.73. The van der Waals surface area contributed by atoms with Crippen molar-refractivity contribution in [1.82, 2.24) is 4.68 Å². The molecule has 2 N–H and O–H groups in total. The average molecular weight is 339 g/mol. The molecule has 0 aliphatic heterocycles. The summed E-state index contributed by atoms with van der Waals surface area (Å²) >= 11 is 3.37. The summed E-state index contributed by atoms with van der Waals surface area (Å²) < 4.78 is 8.50. The third-order valence-electron chi connectivity index (χ3n) is 3.01. The van der Waals surface area contributed by atoms with Gasteiger partial charge in [0.25, 0.3) is 0 Å². The molecule has 4 nitrogen and oxygen atoms in total. The molecule has 0 saturated carbocycles. The van der Waals surface area contributed by atoms with Crippen LogP contribution < -0.4 is 10.2 Å². The largest absolute Gasteiger partial charge is 0.491 e. The van der Waals surface area contributed by atoms with Gasteiger partial charge in [0.15, 0.2) is 0 Å². The maximum absolute atomic E-state index is 9.94. The molecule has 0 radical (unpaired) electrons. The molecule has 0 spiro atoms. The molecule has 20 heavy (non-hydrogen) atoms. The minimum absolute atomic E-state index is 0.258. The number of aliphatic hydroxyl groups excluding tert-OH is 1. The van der Waals surface area contributed by atoms with Gasteiger partial charge >= 0.3 is 0 Å². The molecule has 0 aliphatic rings. The van der Waals surface area contributed by atoms with Crippen molar-refractivity contribution < 1.29 is 9.84 Å². The SMILES string of the molecule is Cc1ccc(C)n1NCC(O)COc1ccc(Br)cc1. The van der Waals surface area contributed by atoms with Gasteiger partial charge in [-0.15, -0.1) is 0 Å². The van der Waals surface area contributed by atoms with Gasteiger partial charge in [-0.3, -0.25) is 4.68 Å². The third-order valence-corrected chi connectivity index (χ3v) is 3.54. The zero-order chi connectivity index (χ0) is 14.5. The number of hydrogen-bond acceptors (Lipinski definition) is 3. The quantitative estimate of drug-likeness (QED) is 0.851. The second-order valence-electron chi connectivity index (χ2n) is 4.73. The molecule has 0 aliphatic carbocycles. The van der Waals surface area contributed by atoms with Crippen LogP contribution in [0.1, 0.15) is 11.4 Å². The van der Waals surface area contributed by atoms with Gasteiger partial charge in [-0.25, -0.2) is 0 Å². The monoisotopic (exact) mass is 338 g/mol. The lowest BCUT2D eigenvalue weighted by molar-refractivity contribution is 0.115. The summed E-state index contributed by atoms with van der Waals surface area (Å²) in [7, 11) is 0. The number of halogens is 1. The summed E-state index contributed by atoms with van der Waals surface area (Å²) in [4.78, 5) is 0. The van der Waals surface area contributed by atoms with E-state index >= 15 is 0 Å². The second kappa shape index (κ2) is 6.81. The Hall–Kier alpha value is -1.46. The van der Waals surface area contributed by atoms with Crippen LogP contribution in [0.25, 0.3) is 0 Å². The van der Waals surface area contributed by atoms with Crippen molar-refractivity contribution in [2.75, 3.05) is 18.6 Å². The summed E-state index contributed by atoms with van der Waals surface area (Å²) in [6, 6.07) is 11.6. The molecular formula is C15H19BrN2O2. The average Bonchev–Trinajstić information content (AvgIpc) is 2.75. The zero-order valence-electron chi connectivity index (χ0n) is 11.6. The van der Waals surface area contributed by atoms with E-state index in [1.807, 2.05) is 54.9 Å². The summed E-state index contributed by atoms with van der Waals surface area (Å²) in [5.41, 5.74) is 5.41. The Kier molecular flexibility index (Phi) is 5.09. The summed E-state index contributed by atoms with van der Waals surface area (Å²) in [6.07, 6.45) is -0.570. The van der Waals surface area contributed by atoms with E-state index in [-0.39, 0.29) is 6.61 Å². The van der Waals surface area contributed by atoms with Crippen LogP contribution in [0, 0.1) is 13.8 Å². The first kappa shape index (κ1) is 14.9. The molecule has 1 unspecified atom stereocenters. The van der Waals surface area contributed by atoms with Crippen molar-refractivity contribution in [1.29, 1.82) is 0 Å². The van der Waals surface area contributed by atoms with E-state index in [0.29, 0.717) is 6.54 Å². The number of rotatable bonds is 6. The van der Waals surface area contributed by atoms with Crippen molar-refractivity contribution >= 4 is 15.9 Å². The molecule has 0 saturated heterocycles. The second-order valence-corrected chi connectivity index (χ2v) is 5.65. The minimum Gasteiger partial charge on any atom is -0.491 e. The van der Waals surface area contributed by atoms with Crippen LogP contribution in [0.5, 0.6) is 5.75 Å². The predicted octanol–water partition coefficient (Wildman–Crippen LogP) is 2.85. The van der Waals surface area contributed by atoms with Gasteiger partial charge in [0.05, 0.1) is 6.54 Å². The Bertz CT molecular complexity index is 532. The fourth-order valence-electron chi connectivity index (χ4n) is 1.90. The highest BCUT2D eigenvalue weighted by atomic mass is 79.9. The van der Waals surface area contributed by atoms with Gasteiger partial charge in [-0.2, -0.15) is 0 Å². The molecule has 5 heteroatoms. The van der Waals surface area contributed by atoms with Crippen LogP contribution in [0.3, 0.4) is 0 Å². The summed E-state index contributed by atoms with van der Waals surface area (Å²) in [5, 5.41) is 9.94. The molecule has 2 rings (SSSR count). The van der Waals surface area contributed by atoms with Crippen LogP contribution in [-0.2, 0) is 0 Å². The van der Waals surface area contributed by atoms with Gasteiger partial charge < -0.3 is 15.3 Å². The van der Waals surface area contributed by atoms with E-state index in [1.54, 1.807) is 0 Å². The molecule has 1 atom stereocenters. The molecular weight excluding hydrogens is 320 g/mol.